The van der Waals surface area contributed by atoms with Crippen molar-refractivity contribution in [2.75, 3.05) is 45.3 Å². The lowest BCUT2D eigenvalue weighted by atomic mass is 9.84. The molecular weight excluding hydrogens is 344 g/mol. The third-order valence-corrected chi connectivity index (χ3v) is 6.01. The van der Waals surface area contributed by atoms with Gasteiger partial charge in [-0.05, 0) is 38.6 Å². The van der Waals surface area contributed by atoms with Gasteiger partial charge < -0.3 is 14.8 Å². The number of fused-ring (bicyclic) bond motifs is 4. The van der Waals surface area contributed by atoms with Crippen molar-refractivity contribution >= 4 is 21.6 Å². The number of rotatable bonds is 4. The number of piperidine rings is 1. The highest BCUT2D eigenvalue weighted by molar-refractivity contribution is 7.88. The Labute approximate surface area is 147 Å². The Balaban J connectivity index is 1.88. The Bertz CT molecular complexity index is 846. The summed E-state index contributed by atoms with van der Waals surface area (Å²) < 4.78 is 26.9. The minimum absolute atomic E-state index is 0.0152. The molecule has 2 bridgehead atoms. The second-order valence-corrected chi connectivity index (χ2v) is 9.23. The monoisotopic (exact) mass is 368 g/mol. The summed E-state index contributed by atoms with van der Waals surface area (Å²) in [5.41, 5.74) is 0.905. The van der Waals surface area contributed by atoms with Gasteiger partial charge >= 0.3 is 0 Å². The fourth-order valence-corrected chi connectivity index (χ4v) is 4.68. The fraction of sp³-hybridized carbons (Fsp3) is 0.625. The standard InChI is InChI=1S/C16H24N4O4S/c1-18(2)10-15(21)17-13-4-5-14-12-6-11(8-20(14)16(13)22)7-19(9-12)25(3,23)24/h4-5,11-12H,6-10H2,1-3H3,(H,17,21)/t11-,12-/m1/s1. The number of carbonyl (C=O) groups is 1. The maximum absolute atomic E-state index is 12.7. The second-order valence-electron chi connectivity index (χ2n) is 7.25. The van der Waals surface area contributed by atoms with E-state index in [4.69, 9.17) is 0 Å². The van der Waals surface area contributed by atoms with E-state index in [2.05, 4.69) is 5.32 Å². The van der Waals surface area contributed by atoms with Crippen LogP contribution in [-0.2, 0) is 21.4 Å². The van der Waals surface area contributed by atoms with Gasteiger partial charge in [-0.25, -0.2) is 12.7 Å². The zero-order valence-electron chi connectivity index (χ0n) is 14.7. The van der Waals surface area contributed by atoms with Crippen LogP contribution < -0.4 is 10.9 Å². The van der Waals surface area contributed by atoms with Gasteiger partial charge in [0.2, 0.25) is 15.9 Å². The third kappa shape index (κ3) is 3.78. The maximum Gasteiger partial charge on any atom is 0.274 e. The second kappa shape index (κ2) is 6.54. The van der Waals surface area contributed by atoms with Crippen LogP contribution in [-0.4, -0.2) is 68.1 Å². The van der Waals surface area contributed by atoms with Crippen LogP contribution in [0.3, 0.4) is 0 Å². The number of nitrogens with zero attached hydrogens (tertiary/aromatic N) is 3. The Kier molecular flexibility index (Phi) is 4.74. The zero-order chi connectivity index (χ0) is 18.4. The smallest absolute Gasteiger partial charge is 0.274 e. The minimum Gasteiger partial charge on any atom is -0.320 e. The first-order chi connectivity index (χ1) is 11.6. The van der Waals surface area contributed by atoms with Crippen LogP contribution in [0.5, 0.6) is 0 Å². The third-order valence-electron chi connectivity index (χ3n) is 4.77. The quantitative estimate of drug-likeness (QED) is 0.790. The molecule has 3 rings (SSSR count). The van der Waals surface area contributed by atoms with Gasteiger partial charge in [0, 0.05) is 31.2 Å². The lowest BCUT2D eigenvalue weighted by molar-refractivity contribution is -0.116. The molecule has 0 aromatic carbocycles. The van der Waals surface area contributed by atoms with E-state index in [0.717, 1.165) is 12.1 Å². The molecule has 1 aromatic rings. The molecule has 0 radical (unpaired) electrons. The predicted molar refractivity (Wildman–Crippen MR) is 95.2 cm³/mol. The maximum atomic E-state index is 12.7. The number of sulfonamides is 1. The normalized spacial score (nSPS) is 23.4. The molecule has 9 heteroatoms. The lowest BCUT2D eigenvalue weighted by Crippen LogP contribution is -2.49. The van der Waals surface area contributed by atoms with Crippen molar-refractivity contribution in [3.8, 4) is 0 Å². The number of nitrogens with one attached hydrogen (secondary N) is 1. The van der Waals surface area contributed by atoms with Crippen LogP contribution in [0.15, 0.2) is 16.9 Å². The summed E-state index contributed by atoms with van der Waals surface area (Å²) in [7, 11) is 0.340. The predicted octanol–water partition coefficient (Wildman–Crippen LogP) is -0.273. The minimum atomic E-state index is -3.23. The molecule has 1 N–H and O–H groups in total. The molecule has 0 aliphatic carbocycles. The summed E-state index contributed by atoms with van der Waals surface area (Å²) in [6.07, 6.45) is 2.11. The molecule has 3 heterocycles. The molecule has 2 atom stereocenters. The first kappa shape index (κ1) is 18.1. The number of pyridine rings is 1. The molecule has 0 unspecified atom stereocenters. The molecule has 0 saturated carbocycles. The topological polar surface area (TPSA) is 91.7 Å². The number of carbonyl (C=O) groups excluding carboxylic acids is 1. The number of hydrogen-bond acceptors (Lipinski definition) is 5. The van der Waals surface area contributed by atoms with Crippen molar-refractivity contribution in [2.45, 2.75) is 18.9 Å². The van der Waals surface area contributed by atoms with Crippen molar-refractivity contribution in [1.82, 2.24) is 13.8 Å². The van der Waals surface area contributed by atoms with Crippen molar-refractivity contribution in [3.05, 3.63) is 28.2 Å². The molecule has 138 valence electrons. The van der Waals surface area contributed by atoms with E-state index in [1.807, 2.05) is 6.07 Å². The molecular formula is C16H24N4O4S. The number of hydrogen-bond donors (Lipinski definition) is 1. The van der Waals surface area contributed by atoms with Crippen molar-refractivity contribution in [1.29, 1.82) is 0 Å². The number of amides is 1. The van der Waals surface area contributed by atoms with Crippen LogP contribution in [0.1, 0.15) is 18.0 Å². The summed E-state index contributed by atoms with van der Waals surface area (Å²) in [4.78, 5) is 26.4. The number of anilines is 1. The van der Waals surface area contributed by atoms with E-state index in [0.29, 0.717) is 19.6 Å². The van der Waals surface area contributed by atoms with E-state index in [-0.39, 0.29) is 35.5 Å². The molecule has 8 nitrogen and oxygen atoms in total. The van der Waals surface area contributed by atoms with Crippen molar-refractivity contribution in [2.24, 2.45) is 5.92 Å². The van der Waals surface area contributed by atoms with Crippen LogP contribution in [0, 0.1) is 5.92 Å². The van der Waals surface area contributed by atoms with Gasteiger partial charge in [0.1, 0.15) is 5.69 Å². The van der Waals surface area contributed by atoms with Gasteiger partial charge in [0.25, 0.3) is 5.56 Å². The van der Waals surface area contributed by atoms with Crippen LogP contribution in [0.4, 0.5) is 5.69 Å². The molecule has 1 aromatic heterocycles. The van der Waals surface area contributed by atoms with Gasteiger partial charge in [0.15, 0.2) is 0 Å². The summed E-state index contributed by atoms with van der Waals surface area (Å²) in [6.45, 7) is 1.53. The molecule has 25 heavy (non-hydrogen) atoms. The Morgan fingerprint density at radius 2 is 2.00 bits per heavy atom. The van der Waals surface area contributed by atoms with E-state index < -0.39 is 10.0 Å². The molecule has 1 saturated heterocycles. The van der Waals surface area contributed by atoms with E-state index in [9.17, 15) is 18.0 Å². The van der Waals surface area contributed by atoms with E-state index in [1.165, 1.54) is 10.6 Å². The SMILES string of the molecule is CN(C)CC(=O)Nc1ccc2n(c1=O)C[C@@H]1C[C@@H]2CN(S(C)(=O)=O)C1. The highest BCUT2D eigenvalue weighted by Crippen LogP contribution is 2.36. The summed E-state index contributed by atoms with van der Waals surface area (Å²) in [5.74, 6) is -0.102. The van der Waals surface area contributed by atoms with Gasteiger partial charge in [-0.15, -0.1) is 0 Å². The Morgan fingerprint density at radius 3 is 2.64 bits per heavy atom. The van der Waals surface area contributed by atoms with Gasteiger partial charge in [-0.2, -0.15) is 0 Å². The number of aromatic nitrogens is 1. The lowest BCUT2D eigenvalue weighted by Gasteiger charge is -2.41. The highest BCUT2D eigenvalue weighted by Gasteiger charge is 2.37. The van der Waals surface area contributed by atoms with Gasteiger partial charge in [-0.1, -0.05) is 0 Å². The Hall–Kier alpha value is -1.71. The van der Waals surface area contributed by atoms with Gasteiger partial charge in [0.05, 0.1) is 12.8 Å². The molecule has 1 fully saturated rings. The van der Waals surface area contributed by atoms with Crippen molar-refractivity contribution < 1.29 is 13.2 Å². The molecule has 0 spiro atoms. The summed E-state index contributed by atoms with van der Waals surface area (Å²) >= 11 is 0. The zero-order valence-corrected chi connectivity index (χ0v) is 15.5. The first-order valence-corrected chi connectivity index (χ1v) is 10.1. The molecule has 2 aliphatic rings. The fourth-order valence-electron chi connectivity index (χ4n) is 3.74. The first-order valence-electron chi connectivity index (χ1n) is 8.28. The average Bonchev–Trinajstić information content (AvgIpc) is 2.48. The van der Waals surface area contributed by atoms with Crippen LogP contribution >= 0.6 is 0 Å². The summed E-state index contributed by atoms with van der Waals surface area (Å²) in [6, 6.07) is 3.46. The highest BCUT2D eigenvalue weighted by atomic mass is 32.2. The van der Waals surface area contributed by atoms with Crippen molar-refractivity contribution in [3.63, 3.8) is 0 Å². The van der Waals surface area contributed by atoms with E-state index in [1.54, 1.807) is 29.6 Å². The largest absolute Gasteiger partial charge is 0.320 e. The van der Waals surface area contributed by atoms with Crippen LogP contribution in [0.2, 0.25) is 0 Å². The van der Waals surface area contributed by atoms with E-state index >= 15 is 0 Å². The number of likely N-dealkylation sites (N-methyl/N-ethyl adjacent to an activating group) is 1. The Morgan fingerprint density at radius 1 is 1.28 bits per heavy atom. The molecule has 2 aliphatic heterocycles. The van der Waals surface area contributed by atoms with Gasteiger partial charge in [-0.3, -0.25) is 9.59 Å². The van der Waals surface area contributed by atoms with Crippen LogP contribution in [0.25, 0.3) is 0 Å². The molecule has 1 amide bonds. The summed E-state index contributed by atoms with van der Waals surface area (Å²) in [5, 5.41) is 2.67. The average molecular weight is 368 g/mol.